The second-order valence-corrected chi connectivity index (χ2v) is 3.94. The number of benzene rings is 1. The molecule has 0 saturated heterocycles. The lowest BCUT2D eigenvalue weighted by molar-refractivity contribution is 1.41. The Morgan fingerprint density at radius 2 is 2.36 bits per heavy atom. The van der Waals surface area contributed by atoms with Crippen molar-refractivity contribution in [3.8, 4) is 6.07 Å². The molecule has 3 nitrogen and oxygen atoms in total. The van der Waals surface area contributed by atoms with Crippen LogP contribution in [-0.4, -0.2) is 11.7 Å². The maximum absolute atomic E-state index is 8.65. The molecule has 0 radical (unpaired) electrons. The lowest BCUT2D eigenvalue weighted by Gasteiger charge is -1.99. The molecule has 0 amide bonds. The smallest absolute Gasteiger partial charge is 0.115 e. The van der Waals surface area contributed by atoms with E-state index in [1.54, 1.807) is 18.2 Å². The highest BCUT2D eigenvalue weighted by Gasteiger charge is 2.00. The average Bonchev–Trinajstić information content (AvgIpc) is 2.20. The third-order valence-corrected chi connectivity index (χ3v) is 2.62. The van der Waals surface area contributed by atoms with Gasteiger partial charge in [0.25, 0.3) is 0 Å². The zero-order valence-corrected chi connectivity index (χ0v) is 10.1. The molecule has 0 aliphatic heterocycles. The predicted molar refractivity (Wildman–Crippen MR) is 65.9 cm³/mol. The van der Waals surface area contributed by atoms with E-state index in [0.717, 1.165) is 9.26 Å². The van der Waals surface area contributed by atoms with Crippen molar-refractivity contribution in [2.75, 3.05) is 5.88 Å². The van der Waals surface area contributed by atoms with Crippen LogP contribution in [0.25, 0.3) is 0 Å². The molecule has 0 atom stereocenters. The lowest BCUT2D eigenvalue weighted by Crippen LogP contribution is -2.12. The number of halogens is 2. The summed E-state index contributed by atoms with van der Waals surface area (Å²) in [6.07, 6.45) is 0. The summed E-state index contributed by atoms with van der Waals surface area (Å²) < 4.78 is 0.884. The van der Waals surface area contributed by atoms with Crippen molar-refractivity contribution in [3.63, 3.8) is 0 Å². The molecular weight excluding hydrogens is 312 g/mol. The van der Waals surface area contributed by atoms with E-state index in [9.17, 15) is 0 Å². The fourth-order valence-corrected chi connectivity index (χ4v) is 1.55. The van der Waals surface area contributed by atoms with Crippen LogP contribution in [0.15, 0.2) is 23.2 Å². The van der Waals surface area contributed by atoms with Gasteiger partial charge < -0.3 is 5.73 Å². The first kappa shape index (κ1) is 11.3. The van der Waals surface area contributed by atoms with Crippen molar-refractivity contribution >= 4 is 45.7 Å². The number of nitrogens with two attached hydrogens (primary N) is 1. The second-order valence-electron chi connectivity index (χ2n) is 2.51. The first-order chi connectivity index (χ1) is 6.67. The molecule has 14 heavy (non-hydrogen) atoms. The molecule has 0 spiro atoms. The van der Waals surface area contributed by atoms with E-state index >= 15 is 0 Å². The van der Waals surface area contributed by atoms with Crippen LogP contribution in [0, 0.1) is 14.9 Å². The summed E-state index contributed by atoms with van der Waals surface area (Å²) >= 11 is 7.60. The fraction of sp³-hybridized carbons (Fsp3) is 0.111. The third kappa shape index (κ3) is 2.86. The zero-order valence-electron chi connectivity index (χ0n) is 7.17. The Hall–Kier alpha value is -0.800. The van der Waals surface area contributed by atoms with Crippen LogP contribution in [0.1, 0.15) is 5.56 Å². The monoisotopic (exact) mass is 319 g/mol. The predicted octanol–water partition coefficient (Wildman–Crippen LogP) is 2.39. The van der Waals surface area contributed by atoms with Gasteiger partial charge in [-0.1, -0.05) is 0 Å². The van der Waals surface area contributed by atoms with Gasteiger partial charge in [0.15, 0.2) is 0 Å². The van der Waals surface area contributed by atoms with Gasteiger partial charge in [-0.15, -0.1) is 11.6 Å². The molecule has 0 fully saturated rings. The third-order valence-electron chi connectivity index (χ3n) is 1.48. The van der Waals surface area contributed by atoms with Gasteiger partial charge in [0.05, 0.1) is 23.2 Å². The minimum atomic E-state index is 0.204. The summed E-state index contributed by atoms with van der Waals surface area (Å²) in [6, 6.07) is 7.25. The van der Waals surface area contributed by atoms with Crippen LogP contribution in [0.3, 0.4) is 0 Å². The summed E-state index contributed by atoms with van der Waals surface area (Å²) in [5.74, 6) is 0.574. The molecule has 0 aliphatic rings. The quantitative estimate of drug-likeness (QED) is 0.394. The molecule has 0 heterocycles. The number of aliphatic imine (C=N–C) groups is 1. The molecule has 72 valence electrons. The Bertz CT molecular complexity index is 409. The van der Waals surface area contributed by atoms with Crippen LogP contribution < -0.4 is 5.73 Å². The number of nitriles is 1. The summed E-state index contributed by atoms with van der Waals surface area (Å²) in [5.41, 5.74) is 6.84. The van der Waals surface area contributed by atoms with Crippen molar-refractivity contribution in [3.05, 3.63) is 27.3 Å². The van der Waals surface area contributed by atoms with Crippen molar-refractivity contribution in [2.45, 2.75) is 0 Å². The van der Waals surface area contributed by atoms with Gasteiger partial charge in [0.2, 0.25) is 0 Å². The maximum atomic E-state index is 8.65. The molecule has 0 aliphatic carbocycles. The Morgan fingerprint density at radius 3 is 2.86 bits per heavy atom. The van der Waals surface area contributed by atoms with E-state index in [1.165, 1.54) is 0 Å². The SMILES string of the molecule is N#Cc1ccc(N=C(N)CCl)c(I)c1. The van der Waals surface area contributed by atoms with Crippen molar-refractivity contribution in [1.29, 1.82) is 5.26 Å². The van der Waals surface area contributed by atoms with Crippen LogP contribution in [0.2, 0.25) is 0 Å². The van der Waals surface area contributed by atoms with Crippen LogP contribution in [0.5, 0.6) is 0 Å². The first-order valence-electron chi connectivity index (χ1n) is 3.76. The Balaban J connectivity index is 3.08. The molecule has 0 bridgehead atoms. The van der Waals surface area contributed by atoms with Gasteiger partial charge in [-0.2, -0.15) is 5.26 Å². The van der Waals surface area contributed by atoms with Crippen LogP contribution >= 0.6 is 34.2 Å². The maximum Gasteiger partial charge on any atom is 0.115 e. The lowest BCUT2D eigenvalue weighted by atomic mass is 10.2. The summed E-state index contributed by atoms with van der Waals surface area (Å²) in [4.78, 5) is 4.10. The normalized spacial score (nSPS) is 11.1. The first-order valence-corrected chi connectivity index (χ1v) is 5.37. The van der Waals surface area contributed by atoms with Crippen LogP contribution in [-0.2, 0) is 0 Å². The van der Waals surface area contributed by atoms with Gasteiger partial charge in [0, 0.05) is 3.57 Å². The summed E-state index contributed by atoms with van der Waals surface area (Å²) in [7, 11) is 0. The number of rotatable bonds is 2. The largest absolute Gasteiger partial charge is 0.386 e. The van der Waals surface area contributed by atoms with Gasteiger partial charge in [0.1, 0.15) is 5.84 Å². The van der Waals surface area contributed by atoms with Gasteiger partial charge in [-0.3, -0.25) is 0 Å². The molecular formula is C9H7ClIN3. The van der Waals surface area contributed by atoms with E-state index in [-0.39, 0.29) is 5.88 Å². The van der Waals surface area contributed by atoms with Gasteiger partial charge >= 0.3 is 0 Å². The van der Waals surface area contributed by atoms with Crippen LogP contribution in [0.4, 0.5) is 5.69 Å². The summed E-state index contributed by atoms with van der Waals surface area (Å²) in [5, 5.41) is 8.65. The standard InChI is InChI=1S/C9H7ClIN3/c10-4-9(13)14-8-2-1-6(5-12)3-7(8)11/h1-3H,4H2,(H2,13,14). The average molecular weight is 320 g/mol. The molecule has 1 aromatic carbocycles. The zero-order chi connectivity index (χ0) is 10.6. The van der Waals surface area contributed by atoms with E-state index in [0.29, 0.717) is 11.4 Å². The van der Waals surface area contributed by atoms with Crippen molar-refractivity contribution < 1.29 is 0 Å². The van der Waals surface area contributed by atoms with E-state index in [1.807, 2.05) is 0 Å². The highest BCUT2D eigenvalue weighted by molar-refractivity contribution is 14.1. The topological polar surface area (TPSA) is 62.2 Å². The number of nitrogens with zero attached hydrogens (tertiary/aromatic N) is 2. The van der Waals surface area contributed by atoms with Gasteiger partial charge in [-0.25, -0.2) is 4.99 Å². The molecule has 1 rings (SSSR count). The molecule has 0 saturated carbocycles. The summed E-state index contributed by atoms with van der Waals surface area (Å²) in [6.45, 7) is 0. The van der Waals surface area contributed by atoms with Gasteiger partial charge in [-0.05, 0) is 40.8 Å². The minimum absolute atomic E-state index is 0.204. The number of amidine groups is 1. The Morgan fingerprint density at radius 1 is 1.64 bits per heavy atom. The van der Waals surface area contributed by atoms with E-state index in [4.69, 9.17) is 22.6 Å². The highest BCUT2D eigenvalue weighted by atomic mass is 127. The second kappa shape index (κ2) is 5.17. The fourth-order valence-electron chi connectivity index (χ4n) is 0.852. The van der Waals surface area contributed by atoms with E-state index in [2.05, 4.69) is 33.7 Å². The Kier molecular flexibility index (Phi) is 4.17. The molecule has 5 heteroatoms. The van der Waals surface area contributed by atoms with Crippen molar-refractivity contribution in [2.24, 2.45) is 10.7 Å². The molecule has 0 unspecified atom stereocenters. The molecule has 1 aromatic rings. The van der Waals surface area contributed by atoms with Crippen molar-refractivity contribution in [1.82, 2.24) is 0 Å². The molecule has 2 N–H and O–H groups in total. The molecule has 0 aromatic heterocycles. The Labute approximate surface area is 101 Å². The van der Waals surface area contributed by atoms with E-state index < -0.39 is 0 Å². The highest BCUT2D eigenvalue weighted by Crippen LogP contribution is 2.22. The number of alkyl halides is 1. The number of hydrogen-bond acceptors (Lipinski definition) is 2. The number of hydrogen-bond donors (Lipinski definition) is 1. The minimum Gasteiger partial charge on any atom is -0.386 e.